The molecular weight excluding hydrogens is 266 g/mol. The minimum Gasteiger partial charge on any atom is -0.495 e. The average molecular weight is 285 g/mol. The number of ether oxygens (including phenoxy) is 1. The number of hydrogen-bond acceptors (Lipinski definition) is 4. The summed E-state index contributed by atoms with van der Waals surface area (Å²) in [6.07, 6.45) is 0. The molecule has 21 heavy (non-hydrogen) atoms. The minimum atomic E-state index is -0.174. The van der Waals surface area contributed by atoms with Crippen LogP contribution in [0.4, 0.5) is 17.1 Å². The topological polar surface area (TPSA) is 67.6 Å². The number of nitrogens with one attached hydrogen (secondary N) is 1. The fourth-order valence-electron chi connectivity index (χ4n) is 1.90. The predicted molar refractivity (Wildman–Crippen MR) is 86.1 cm³/mol. The van der Waals surface area contributed by atoms with Crippen molar-refractivity contribution in [2.75, 3.05) is 37.2 Å². The van der Waals surface area contributed by atoms with Gasteiger partial charge in [0, 0.05) is 37.1 Å². The highest BCUT2D eigenvalue weighted by atomic mass is 16.5. The molecule has 0 unspecified atom stereocenters. The van der Waals surface area contributed by atoms with Gasteiger partial charge in [0.15, 0.2) is 0 Å². The van der Waals surface area contributed by atoms with E-state index in [1.54, 1.807) is 30.3 Å². The van der Waals surface area contributed by atoms with E-state index < -0.39 is 0 Å². The fourth-order valence-corrected chi connectivity index (χ4v) is 1.90. The van der Waals surface area contributed by atoms with Crippen LogP contribution in [-0.4, -0.2) is 27.1 Å². The molecule has 1 amide bonds. The molecule has 0 aliphatic heterocycles. The monoisotopic (exact) mass is 285 g/mol. The van der Waals surface area contributed by atoms with Crippen LogP contribution in [0.2, 0.25) is 0 Å². The van der Waals surface area contributed by atoms with Crippen LogP contribution in [0.15, 0.2) is 42.5 Å². The van der Waals surface area contributed by atoms with Crippen LogP contribution in [0.1, 0.15) is 10.4 Å². The van der Waals surface area contributed by atoms with E-state index >= 15 is 0 Å². The molecule has 0 aliphatic carbocycles. The minimum absolute atomic E-state index is 0.174. The van der Waals surface area contributed by atoms with E-state index in [1.807, 2.05) is 31.1 Å². The van der Waals surface area contributed by atoms with Crippen molar-refractivity contribution in [2.45, 2.75) is 0 Å². The summed E-state index contributed by atoms with van der Waals surface area (Å²) in [5.41, 5.74) is 8.56. The van der Waals surface area contributed by atoms with Gasteiger partial charge >= 0.3 is 0 Å². The molecule has 3 N–H and O–H groups in total. The van der Waals surface area contributed by atoms with Crippen LogP contribution in [-0.2, 0) is 0 Å². The molecule has 5 heteroatoms. The Labute approximate surface area is 124 Å². The zero-order valence-corrected chi connectivity index (χ0v) is 12.4. The van der Waals surface area contributed by atoms with Gasteiger partial charge in [-0.3, -0.25) is 4.79 Å². The largest absolute Gasteiger partial charge is 0.495 e. The summed E-state index contributed by atoms with van der Waals surface area (Å²) in [4.78, 5) is 14.2. The van der Waals surface area contributed by atoms with Gasteiger partial charge in [-0.2, -0.15) is 0 Å². The van der Waals surface area contributed by atoms with Gasteiger partial charge in [-0.25, -0.2) is 0 Å². The molecule has 0 saturated heterocycles. The number of hydrogen-bond donors (Lipinski definition) is 2. The maximum absolute atomic E-state index is 12.2. The molecule has 2 aromatic rings. The molecule has 0 radical (unpaired) electrons. The average Bonchev–Trinajstić information content (AvgIpc) is 2.49. The van der Waals surface area contributed by atoms with Crippen LogP contribution >= 0.6 is 0 Å². The van der Waals surface area contributed by atoms with Crippen molar-refractivity contribution in [3.05, 3.63) is 48.0 Å². The summed E-state index contributed by atoms with van der Waals surface area (Å²) in [6, 6.07) is 12.5. The molecule has 2 rings (SSSR count). The molecule has 0 saturated carbocycles. The van der Waals surface area contributed by atoms with Crippen LogP contribution in [0.5, 0.6) is 5.75 Å². The van der Waals surface area contributed by atoms with Crippen molar-refractivity contribution in [1.82, 2.24) is 0 Å². The van der Waals surface area contributed by atoms with Gasteiger partial charge in [0.1, 0.15) is 5.75 Å². The number of anilines is 3. The van der Waals surface area contributed by atoms with Crippen LogP contribution < -0.4 is 20.7 Å². The quantitative estimate of drug-likeness (QED) is 0.847. The number of nitrogens with two attached hydrogens (primary N) is 1. The maximum atomic E-state index is 12.2. The Hall–Kier alpha value is -2.69. The van der Waals surface area contributed by atoms with E-state index in [0.29, 0.717) is 22.7 Å². The number of amides is 1. The first-order valence-corrected chi connectivity index (χ1v) is 6.53. The lowest BCUT2D eigenvalue weighted by Gasteiger charge is -2.13. The van der Waals surface area contributed by atoms with E-state index in [0.717, 1.165) is 5.69 Å². The van der Waals surface area contributed by atoms with Gasteiger partial charge in [-0.05, 0) is 36.4 Å². The highest BCUT2D eigenvalue weighted by Gasteiger charge is 2.08. The number of rotatable bonds is 4. The summed E-state index contributed by atoms with van der Waals surface area (Å²) < 4.78 is 5.13. The standard InChI is InChI=1S/C16H19N3O2/c1-19(2)13-7-4-11(5-8-13)16(20)18-12-6-9-14(17)15(10-12)21-3/h4-10H,17H2,1-3H3,(H,18,20). The Bertz CT molecular complexity index is 636. The molecule has 0 spiro atoms. The first-order valence-electron chi connectivity index (χ1n) is 6.53. The van der Waals surface area contributed by atoms with E-state index in [1.165, 1.54) is 7.11 Å². The lowest BCUT2D eigenvalue weighted by Crippen LogP contribution is -2.13. The van der Waals surface area contributed by atoms with E-state index in [9.17, 15) is 4.79 Å². The second-order valence-electron chi connectivity index (χ2n) is 4.85. The van der Waals surface area contributed by atoms with Gasteiger partial charge in [0.05, 0.1) is 12.8 Å². The van der Waals surface area contributed by atoms with Crippen molar-refractivity contribution < 1.29 is 9.53 Å². The smallest absolute Gasteiger partial charge is 0.255 e. The van der Waals surface area contributed by atoms with Crippen LogP contribution in [0, 0.1) is 0 Å². The third-order valence-corrected chi connectivity index (χ3v) is 3.14. The molecule has 0 atom stereocenters. The fraction of sp³-hybridized carbons (Fsp3) is 0.188. The Morgan fingerprint density at radius 3 is 2.38 bits per heavy atom. The Morgan fingerprint density at radius 1 is 1.14 bits per heavy atom. The second-order valence-corrected chi connectivity index (χ2v) is 4.85. The Morgan fingerprint density at radius 2 is 1.81 bits per heavy atom. The zero-order valence-electron chi connectivity index (χ0n) is 12.4. The Kier molecular flexibility index (Phi) is 4.33. The zero-order chi connectivity index (χ0) is 15.4. The molecule has 0 aromatic heterocycles. The van der Waals surface area contributed by atoms with E-state index in [2.05, 4.69) is 5.32 Å². The highest BCUT2D eigenvalue weighted by molar-refractivity contribution is 6.04. The number of nitrogens with zero attached hydrogens (tertiary/aromatic N) is 1. The maximum Gasteiger partial charge on any atom is 0.255 e. The number of benzene rings is 2. The molecule has 110 valence electrons. The lowest BCUT2D eigenvalue weighted by molar-refractivity contribution is 0.102. The number of carbonyl (C=O) groups excluding carboxylic acids is 1. The predicted octanol–water partition coefficient (Wildman–Crippen LogP) is 2.60. The molecule has 5 nitrogen and oxygen atoms in total. The normalized spacial score (nSPS) is 10.0. The third-order valence-electron chi connectivity index (χ3n) is 3.14. The molecule has 0 aliphatic rings. The third kappa shape index (κ3) is 3.45. The SMILES string of the molecule is COc1cc(NC(=O)c2ccc(N(C)C)cc2)ccc1N. The summed E-state index contributed by atoms with van der Waals surface area (Å²) in [5.74, 6) is 0.364. The number of methoxy groups -OCH3 is 1. The molecule has 0 heterocycles. The van der Waals surface area contributed by atoms with Crippen molar-refractivity contribution >= 4 is 23.0 Å². The van der Waals surface area contributed by atoms with Crippen LogP contribution in [0.25, 0.3) is 0 Å². The Balaban J connectivity index is 2.14. The van der Waals surface area contributed by atoms with Gasteiger partial charge in [0.2, 0.25) is 0 Å². The van der Waals surface area contributed by atoms with E-state index in [-0.39, 0.29) is 5.91 Å². The lowest BCUT2D eigenvalue weighted by atomic mass is 10.1. The molecular formula is C16H19N3O2. The molecule has 0 fully saturated rings. The molecule has 2 aromatic carbocycles. The summed E-state index contributed by atoms with van der Waals surface area (Å²) in [6.45, 7) is 0. The van der Waals surface area contributed by atoms with Crippen molar-refractivity contribution in [3.63, 3.8) is 0 Å². The number of nitrogen functional groups attached to an aromatic ring is 1. The van der Waals surface area contributed by atoms with E-state index in [4.69, 9.17) is 10.5 Å². The second kappa shape index (κ2) is 6.17. The van der Waals surface area contributed by atoms with Crippen LogP contribution in [0.3, 0.4) is 0 Å². The first-order chi connectivity index (χ1) is 10.0. The molecule has 0 bridgehead atoms. The summed E-state index contributed by atoms with van der Waals surface area (Å²) in [7, 11) is 5.45. The first kappa shape index (κ1) is 14.7. The van der Waals surface area contributed by atoms with Gasteiger partial charge in [-0.1, -0.05) is 0 Å². The van der Waals surface area contributed by atoms with Gasteiger partial charge < -0.3 is 20.7 Å². The summed E-state index contributed by atoms with van der Waals surface area (Å²) in [5, 5.41) is 2.82. The highest BCUT2D eigenvalue weighted by Crippen LogP contribution is 2.25. The van der Waals surface area contributed by atoms with Crippen molar-refractivity contribution in [1.29, 1.82) is 0 Å². The van der Waals surface area contributed by atoms with Gasteiger partial charge in [0.25, 0.3) is 5.91 Å². The van der Waals surface area contributed by atoms with Crippen molar-refractivity contribution in [2.24, 2.45) is 0 Å². The summed E-state index contributed by atoms with van der Waals surface area (Å²) >= 11 is 0. The van der Waals surface area contributed by atoms with Gasteiger partial charge in [-0.15, -0.1) is 0 Å². The number of carbonyl (C=O) groups is 1. The van der Waals surface area contributed by atoms with Crippen molar-refractivity contribution in [3.8, 4) is 5.75 Å².